The summed E-state index contributed by atoms with van der Waals surface area (Å²) in [6, 6.07) is 7.92. The van der Waals surface area contributed by atoms with E-state index in [4.69, 9.17) is 23.2 Å². The van der Waals surface area contributed by atoms with Gasteiger partial charge in [0.05, 0.1) is 17.5 Å². The van der Waals surface area contributed by atoms with Crippen LogP contribution in [-0.2, 0) is 32.3 Å². The molecule has 13 heteroatoms. The molecule has 1 N–H and O–H groups in total. The molecule has 0 saturated carbocycles. The summed E-state index contributed by atoms with van der Waals surface area (Å²) in [4.78, 5) is 27.5. The maximum atomic E-state index is 13.4. The maximum absolute atomic E-state index is 13.4. The van der Waals surface area contributed by atoms with Gasteiger partial charge in [-0.25, -0.2) is 8.42 Å². The van der Waals surface area contributed by atoms with Crippen molar-refractivity contribution in [2.45, 2.75) is 52.4 Å². The normalized spacial score (nSPS) is 12.8. The maximum Gasteiger partial charge on any atom is 0.416 e. The number of anilines is 1. The van der Waals surface area contributed by atoms with Gasteiger partial charge >= 0.3 is 6.18 Å². The molecule has 0 aromatic heterocycles. The zero-order valence-electron chi connectivity index (χ0n) is 22.1. The largest absolute Gasteiger partial charge is 0.416 e. The highest BCUT2D eigenvalue weighted by Crippen LogP contribution is 2.32. The van der Waals surface area contributed by atoms with Crippen LogP contribution in [0.15, 0.2) is 42.5 Å². The minimum atomic E-state index is -4.65. The first-order chi connectivity index (χ1) is 18.0. The van der Waals surface area contributed by atoms with Crippen LogP contribution >= 0.6 is 23.2 Å². The molecule has 0 radical (unpaired) electrons. The average molecular weight is 611 g/mol. The Morgan fingerprint density at radius 2 is 1.62 bits per heavy atom. The molecule has 0 fully saturated rings. The van der Waals surface area contributed by atoms with Crippen LogP contribution in [0.3, 0.4) is 0 Å². The van der Waals surface area contributed by atoms with Crippen molar-refractivity contribution in [2.24, 2.45) is 5.92 Å². The quantitative estimate of drug-likeness (QED) is 0.332. The second kappa shape index (κ2) is 13.7. The van der Waals surface area contributed by atoms with Crippen LogP contribution in [0.25, 0.3) is 0 Å². The predicted molar refractivity (Wildman–Crippen MR) is 147 cm³/mol. The van der Waals surface area contributed by atoms with Crippen LogP contribution in [-0.4, -0.2) is 50.5 Å². The number of alkyl halides is 3. The van der Waals surface area contributed by atoms with E-state index in [9.17, 15) is 31.2 Å². The van der Waals surface area contributed by atoms with E-state index in [1.807, 2.05) is 13.8 Å². The second-order valence-corrected chi connectivity index (χ2v) is 12.2. The van der Waals surface area contributed by atoms with Crippen LogP contribution < -0.4 is 9.62 Å². The van der Waals surface area contributed by atoms with Gasteiger partial charge in [-0.2, -0.15) is 13.2 Å². The average Bonchev–Trinajstić information content (AvgIpc) is 2.83. The number of halogens is 5. The first-order valence-corrected chi connectivity index (χ1v) is 14.8. The molecule has 2 aromatic carbocycles. The second-order valence-electron chi connectivity index (χ2n) is 9.52. The minimum Gasteiger partial charge on any atom is -0.354 e. The molecule has 0 spiro atoms. The molecular formula is C26H32Cl2F3N3O4S. The number of hydrogen-bond acceptors (Lipinski definition) is 4. The fourth-order valence-electron chi connectivity index (χ4n) is 3.73. The smallest absolute Gasteiger partial charge is 0.354 e. The van der Waals surface area contributed by atoms with Crippen molar-refractivity contribution in [3.63, 3.8) is 0 Å². The summed E-state index contributed by atoms with van der Waals surface area (Å²) in [5.74, 6) is -0.682. The lowest BCUT2D eigenvalue weighted by atomic mass is 10.1. The zero-order chi connectivity index (χ0) is 29.5. The van der Waals surface area contributed by atoms with Gasteiger partial charge in [-0.15, -0.1) is 0 Å². The Bertz CT molecular complexity index is 1250. The molecule has 216 valence electrons. The first kappa shape index (κ1) is 32.7. The Labute approximate surface area is 237 Å². The number of sulfonamides is 1. The third-order valence-corrected chi connectivity index (χ3v) is 7.76. The molecular weight excluding hydrogens is 578 g/mol. The van der Waals surface area contributed by atoms with Gasteiger partial charge in [0.1, 0.15) is 6.04 Å². The van der Waals surface area contributed by atoms with Crippen molar-refractivity contribution in [3.05, 3.63) is 63.6 Å². The SMILES string of the molecule is CC(C)CNC(=O)[C@H](C)N(Cc1c(Cl)cccc1Cl)C(=O)CCCN(c1cccc(C(F)(F)F)c1)S(C)(=O)=O. The van der Waals surface area contributed by atoms with Gasteiger partial charge in [-0.3, -0.25) is 13.9 Å². The highest BCUT2D eigenvalue weighted by molar-refractivity contribution is 7.92. The molecule has 0 heterocycles. The molecule has 0 aliphatic carbocycles. The monoisotopic (exact) mass is 609 g/mol. The summed E-state index contributed by atoms with van der Waals surface area (Å²) in [5, 5.41) is 3.40. The molecule has 2 aromatic rings. The number of amides is 2. The molecule has 39 heavy (non-hydrogen) atoms. The number of benzene rings is 2. The van der Waals surface area contributed by atoms with Crippen LogP contribution in [0.5, 0.6) is 0 Å². The van der Waals surface area contributed by atoms with E-state index in [1.165, 1.54) is 11.0 Å². The highest BCUT2D eigenvalue weighted by Gasteiger charge is 2.32. The van der Waals surface area contributed by atoms with Crippen LogP contribution in [0, 0.1) is 5.92 Å². The van der Waals surface area contributed by atoms with E-state index in [-0.39, 0.29) is 43.4 Å². The summed E-state index contributed by atoms with van der Waals surface area (Å²) in [6.07, 6.45) is -3.98. The van der Waals surface area contributed by atoms with Gasteiger partial charge in [0.25, 0.3) is 0 Å². The van der Waals surface area contributed by atoms with Gasteiger partial charge in [-0.1, -0.05) is 49.2 Å². The van der Waals surface area contributed by atoms with Gasteiger partial charge < -0.3 is 10.2 Å². The Morgan fingerprint density at radius 3 is 2.15 bits per heavy atom. The van der Waals surface area contributed by atoms with Crippen LogP contribution in [0.2, 0.25) is 10.0 Å². The molecule has 0 aliphatic heterocycles. The number of nitrogens with one attached hydrogen (secondary N) is 1. The summed E-state index contributed by atoms with van der Waals surface area (Å²) < 4.78 is 65.2. The fraction of sp³-hybridized carbons (Fsp3) is 0.462. The van der Waals surface area contributed by atoms with E-state index in [0.29, 0.717) is 22.2 Å². The standard InChI is InChI=1S/C26H32Cl2F3N3O4S/c1-17(2)15-32-25(36)18(3)33(16-21-22(27)10-6-11-23(21)28)24(35)12-7-13-34(39(4,37)38)20-9-5-8-19(14-20)26(29,30)31/h5-6,8-11,14,17-18H,7,12-13,15-16H2,1-4H3,(H,32,36)/t18-/m0/s1. The van der Waals surface area contributed by atoms with Crippen molar-refractivity contribution >= 4 is 50.7 Å². The van der Waals surface area contributed by atoms with Gasteiger partial charge in [-0.05, 0) is 49.6 Å². The third-order valence-electron chi connectivity index (χ3n) is 5.86. The highest BCUT2D eigenvalue weighted by atomic mass is 35.5. The van der Waals surface area contributed by atoms with Crippen molar-refractivity contribution in [2.75, 3.05) is 23.7 Å². The lowest BCUT2D eigenvalue weighted by Gasteiger charge is -2.30. The molecule has 0 bridgehead atoms. The zero-order valence-corrected chi connectivity index (χ0v) is 24.4. The molecule has 0 saturated heterocycles. The lowest BCUT2D eigenvalue weighted by Crippen LogP contribution is -2.48. The number of hydrogen-bond donors (Lipinski definition) is 1. The van der Waals surface area contributed by atoms with Gasteiger partial charge in [0.2, 0.25) is 21.8 Å². The van der Waals surface area contributed by atoms with Crippen molar-refractivity contribution in [1.29, 1.82) is 0 Å². The predicted octanol–water partition coefficient (Wildman–Crippen LogP) is 5.75. The lowest BCUT2D eigenvalue weighted by molar-refractivity contribution is -0.140. The Hall–Kier alpha value is -2.50. The summed E-state index contributed by atoms with van der Waals surface area (Å²) >= 11 is 12.6. The molecule has 7 nitrogen and oxygen atoms in total. The van der Waals surface area contributed by atoms with E-state index >= 15 is 0 Å². The number of carbonyl (C=O) groups is 2. The van der Waals surface area contributed by atoms with E-state index in [0.717, 1.165) is 28.8 Å². The van der Waals surface area contributed by atoms with Gasteiger partial charge in [0.15, 0.2) is 0 Å². The first-order valence-electron chi connectivity index (χ1n) is 12.2. The Kier molecular flexibility index (Phi) is 11.5. The van der Waals surface area contributed by atoms with Gasteiger partial charge in [0, 0.05) is 41.7 Å². The Balaban J connectivity index is 2.26. The number of nitrogens with zero attached hydrogens (tertiary/aromatic N) is 2. The van der Waals surface area contributed by atoms with Crippen LogP contribution in [0.1, 0.15) is 44.7 Å². The van der Waals surface area contributed by atoms with E-state index in [2.05, 4.69) is 5.32 Å². The van der Waals surface area contributed by atoms with Crippen molar-refractivity contribution in [1.82, 2.24) is 10.2 Å². The topological polar surface area (TPSA) is 86.8 Å². The summed E-state index contributed by atoms with van der Waals surface area (Å²) in [7, 11) is -3.96. The fourth-order valence-corrected chi connectivity index (χ4v) is 5.20. The summed E-state index contributed by atoms with van der Waals surface area (Å²) in [6.45, 7) is 5.49. The summed E-state index contributed by atoms with van der Waals surface area (Å²) in [5.41, 5.74) is -0.714. The molecule has 0 aliphatic rings. The van der Waals surface area contributed by atoms with E-state index in [1.54, 1.807) is 25.1 Å². The molecule has 2 rings (SSSR count). The van der Waals surface area contributed by atoms with Crippen LogP contribution in [0.4, 0.5) is 18.9 Å². The molecule has 2 amide bonds. The number of rotatable bonds is 12. The Morgan fingerprint density at radius 1 is 1.03 bits per heavy atom. The van der Waals surface area contributed by atoms with Crippen molar-refractivity contribution in [3.8, 4) is 0 Å². The van der Waals surface area contributed by atoms with E-state index < -0.39 is 33.7 Å². The number of carbonyl (C=O) groups excluding carboxylic acids is 2. The molecule has 0 unspecified atom stereocenters. The minimum absolute atomic E-state index is 0.0186. The third kappa shape index (κ3) is 9.58. The van der Waals surface area contributed by atoms with Crippen molar-refractivity contribution < 1.29 is 31.2 Å². The molecule has 1 atom stereocenters.